The molecule has 4 heteroatoms. The third-order valence-corrected chi connectivity index (χ3v) is 8.30. The van der Waals surface area contributed by atoms with E-state index in [1.807, 2.05) is 0 Å². The van der Waals surface area contributed by atoms with Crippen molar-refractivity contribution in [3.8, 4) is 0 Å². The van der Waals surface area contributed by atoms with E-state index in [2.05, 4.69) is 90.2 Å². The summed E-state index contributed by atoms with van der Waals surface area (Å²) in [5, 5.41) is 9.00. The Morgan fingerprint density at radius 3 is 1.89 bits per heavy atom. The molecule has 0 spiro atoms. The van der Waals surface area contributed by atoms with Crippen molar-refractivity contribution in [3.05, 3.63) is 96.1 Å². The number of nitrogens with one attached hydrogen (secondary N) is 1. The van der Waals surface area contributed by atoms with Crippen molar-refractivity contribution in [1.29, 1.82) is 0 Å². The molecule has 0 radical (unpaired) electrons. The van der Waals surface area contributed by atoms with Crippen LogP contribution in [0.1, 0.15) is 43.2 Å². The smallest absolute Gasteiger partial charge is 0.400 e. The molecule has 1 saturated carbocycles. The standard InChI is InChI=1S/C31H34BNO2/c1-34-32-33-30(25-13-3-2-4-14-25)31(35-32,21-26-17-9-15-23-11-5-7-19-28(23)26)22-27-18-10-16-24-12-6-8-20-29(24)27/h5-12,15-20,25,30,33H,2-4,13-14,21-22H2,1H3. The van der Waals surface area contributed by atoms with Gasteiger partial charge < -0.3 is 9.31 Å². The molecule has 35 heavy (non-hydrogen) atoms. The maximum atomic E-state index is 6.94. The molecule has 4 aromatic carbocycles. The molecule has 2 aliphatic rings. The molecule has 1 aliphatic heterocycles. The van der Waals surface area contributed by atoms with Crippen molar-refractivity contribution in [3.63, 3.8) is 0 Å². The monoisotopic (exact) mass is 463 g/mol. The van der Waals surface area contributed by atoms with E-state index in [0.717, 1.165) is 12.8 Å². The second kappa shape index (κ2) is 9.77. The summed E-state index contributed by atoms with van der Waals surface area (Å²) in [6.45, 7) is 0. The van der Waals surface area contributed by atoms with E-state index >= 15 is 0 Å². The van der Waals surface area contributed by atoms with Crippen LogP contribution in [-0.4, -0.2) is 26.0 Å². The fourth-order valence-electron chi connectivity index (χ4n) is 6.67. The van der Waals surface area contributed by atoms with Crippen LogP contribution in [0.2, 0.25) is 0 Å². The number of rotatable bonds is 6. The van der Waals surface area contributed by atoms with Crippen LogP contribution in [0.4, 0.5) is 0 Å². The van der Waals surface area contributed by atoms with E-state index in [1.165, 1.54) is 64.8 Å². The van der Waals surface area contributed by atoms with Crippen LogP contribution in [0, 0.1) is 5.92 Å². The van der Waals surface area contributed by atoms with Gasteiger partial charge in [0.25, 0.3) is 0 Å². The molecule has 0 amide bonds. The lowest BCUT2D eigenvalue weighted by atomic mass is 9.72. The highest BCUT2D eigenvalue weighted by Gasteiger charge is 2.53. The Labute approximate surface area is 209 Å². The Kier molecular flexibility index (Phi) is 6.36. The molecule has 1 aliphatic carbocycles. The highest BCUT2D eigenvalue weighted by molar-refractivity contribution is 6.42. The van der Waals surface area contributed by atoms with Gasteiger partial charge in [0.05, 0.1) is 5.60 Å². The summed E-state index contributed by atoms with van der Waals surface area (Å²) < 4.78 is 12.7. The fraction of sp³-hybridized carbons (Fsp3) is 0.355. The van der Waals surface area contributed by atoms with Gasteiger partial charge in [0.2, 0.25) is 0 Å². The largest absolute Gasteiger partial charge is 0.555 e. The zero-order valence-electron chi connectivity index (χ0n) is 20.6. The van der Waals surface area contributed by atoms with Gasteiger partial charge in [-0.25, -0.2) is 0 Å². The number of benzene rings is 4. The molecule has 178 valence electrons. The third kappa shape index (κ3) is 4.40. The Morgan fingerprint density at radius 2 is 1.31 bits per heavy atom. The number of hydrogen-bond donors (Lipinski definition) is 1. The van der Waals surface area contributed by atoms with Crippen LogP contribution in [0.15, 0.2) is 84.9 Å². The van der Waals surface area contributed by atoms with Crippen molar-refractivity contribution in [1.82, 2.24) is 5.23 Å². The number of fused-ring (bicyclic) bond motifs is 2. The molecule has 3 nitrogen and oxygen atoms in total. The Hall–Kier alpha value is -2.66. The summed E-state index contributed by atoms with van der Waals surface area (Å²) in [5.74, 6) is 0.592. The van der Waals surface area contributed by atoms with Crippen molar-refractivity contribution in [2.75, 3.05) is 7.11 Å². The van der Waals surface area contributed by atoms with E-state index in [-0.39, 0.29) is 13.3 Å². The molecule has 1 unspecified atom stereocenters. The first-order valence-corrected chi connectivity index (χ1v) is 13.2. The highest BCUT2D eigenvalue weighted by atomic mass is 16.6. The summed E-state index contributed by atoms with van der Waals surface area (Å²) in [4.78, 5) is 0. The van der Waals surface area contributed by atoms with Crippen molar-refractivity contribution in [2.24, 2.45) is 5.92 Å². The molecular formula is C31H34BNO2. The van der Waals surface area contributed by atoms with Crippen LogP contribution in [-0.2, 0) is 22.2 Å². The normalized spacial score (nSPS) is 20.6. The van der Waals surface area contributed by atoms with Gasteiger partial charge in [-0.2, -0.15) is 0 Å². The van der Waals surface area contributed by atoms with E-state index in [9.17, 15) is 0 Å². The molecule has 6 rings (SSSR count). The topological polar surface area (TPSA) is 30.5 Å². The third-order valence-electron chi connectivity index (χ3n) is 8.30. The summed E-state index contributed by atoms with van der Waals surface area (Å²) in [5.41, 5.74) is 2.31. The minimum absolute atomic E-state index is 0.241. The van der Waals surface area contributed by atoms with Gasteiger partial charge in [-0.15, -0.1) is 0 Å². The second-order valence-electron chi connectivity index (χ2n) is 10.4. The quantitative estimate of drug-likeness (QED) is 0.322. The van der Waals surface area contributed by atoms with Crippen LogP contribution in [0.3, 0.4) is 0 Å². The average Bonchev–Trinajstić information content (AvgIpc) is 3.28. The van der Waals surface area contributed by atoms with E-state index in [4.69, 9.17) is 9.31 Å². The first-order chi connectivity index (χ1) is 17.3. The molecule has 1 saturated heterocycles. The SMILES string of the molecule is COB1NC(C2CCCCC2)C(Cc2cccc3ccccc23)(Cc2cccc3ccccc23)O1. The summed E-state index contributed by atoms with van der Waals surface area (Å²) in [6.07, 6.45) is 8.17. The maximum absolute atomic E-state index is 6.94. The van der Waals surface area contributed by atoms with Crippen LogP contribution in [0.5, 0.6) is 0 Å². The molecule has 0 bridgehead atoms. The van der Waals surface area contributed by atoms with Gasteiger partial charge in [0.15, 0.2) is 0 Å². The van der Waals surface area contributed by atoms with Gasteiger partial charge >= 0.3 is 7.25 Å². The lowest BCUT2D eigenvalue weighted by molar-refractivity contribution is 0.0300. The Bertz CT molecular complexity index is 1220. The lowest BCUT2D eigenvalue weighted by Crippen LogP contribution is -2.52. The second-order valence-corrected chi connectivity index (χ2v) is 10.4. The number of hydrogen-bond acceptors (Lipinski definition) is 3. The van der Waals surface area contributed by atoms with Crippen molar-refractivity contribution < 1.29 is 9.31 Å². The van der Waals surface area contributed by atoms with Gasteiger partial charge in [-0.3, -0.25) is 5.23 Å². The van der Waals surface area contributed by atoms with E-state index in [1.54, 1.807) is 7.11 Å². The molecule has 1 atom stereocenters. The average molecular weight is 463 g/mol. The van der Waals surface area contributed by atoms with Crippen molar-refractivity contribution in [2.45, 2.75) is 56.6 Å². The first kappa shape index (κ1) is 22.8. The zero-order chi connectivity index (χ0) is 23.7. The first-order valence-electron chi connectivity index (χ1n) is 13.2. The minimum atomic E-state index is -0.392. The molecule has 1 heterocycles. The van der Waals surface area contributed by atoms with E-state index < -0.39 is 5.60 Å². The van der Waals surface area contributed by atoms with Crippen LogP contribution < -0.4 is 5.23 Å². The van der Waals surface area contributed by atoms with Crippen LogP contribution >= 0.6 is 0 Å². The Morgan fingerprint density at radius 1 is 0.771 bits per heavy atom. The van der Waals surface area contributed by atoms with Gasteiger partial charge in [-0.05, 0) is 51.4 Å². The van der Waals surface area contributed by atoms with Crippen molar-refractivity contribution >= 4 is 28.8 Å². The Balaban J connectivity index is 1.48. The van der Waals surface area contributed by atoms with Crippen LogP contribution in [0.25, 0.3) is 21.5 Å². The lowest BCUT2D eigenvalue weighted by Gasteiger charge is -2.41. The molecule has 0 aromatic heterocycles. The predicted molar refractivity (Wildman–Crippen MR) is 145 cm³/mol. The fourth-order valence-corrected chi connectivity index (χ4v) is 6.67. The van der Waals surface area contributed by atoms with Gasteiger partial charge in [0.1, 0.15) is 0 Å². The summed E-state index contributed by atoms with van der Waals surface area (Å²) in [6, 6.07) is 31.1. The minimum Gasteiger partial charge on any atom is -0.400 e. The van der Waals surface area contributed by atoms with E-state index in [0.29, 0.717) is 5.92 Å². The zero-order valence-corrected chi connectivity index (χ0v) is 20.6. The molecule has 4 aromatic rings. The predicted octanol–water partition coefficient (Wildman–Crippen LogP) is 6.72. The molecular weight excluding hydrogens is 429 g/mol. The highest BCUT2D eigenvalue weighted by Crippen LogP contribution is 2.42. The van der Waals surface area contributed by atoms with Gasteiger partial charge in [-0.1, -0.05) is 104 Å². The van der Waals surface area contributed by atoms with Gasteiger partial charge in [0, 0.05) is 26.0 Å². The summed E-state index contributed by atoms with van der Waals surface area (Å²) in [7, 11) is 1.37. The summed E-state index contributed by atoms with van der Waals surface area (Å²) >= 11 is 0. The molecule has 2 fully saturated rings. The molecule has 1 N–H and O–H groups in total. The maximum Gasteiger partial charge on any atom is 0.555 e.